The van der Waals surface area contributed by atoms with Crippen LogP contribution in [-0.4, -0.2) is 35.9 Å². The van der Waals surface area contributed by atoms with Crippen LogP contribution in [0.3, 0.4) is 0 Å². The number of fused-ring (bicyclic) bond motifs is 2. The van der Waals surface area contributed by atoms with E-state index in [0.717, 1.165) is 6.42 Å². The summed E-state index contributed by atoms with van der Waals surface area (Å²) < 4.78 is 26.8. The molecule has 1 N–H and O–H groups in total. The van der Waals surface area contributed by atoms with E-state index < -0.39 is 28.0 Å². The fourth-order valence-electron chi connectivity index (χ4n) is 3.35. The Morgan fingerprint density at radius 1 is 1.30 bits per heavy atom. The smallest absolute Gasteiger partial charge is 0.308 e. The third-order valence-corrected chi connectivity index (χ3v) is 6.66. The minimum atomic E-state index is -3.73. The molecule has 2 aliphatic rings. The normalized spacial score (nSPS) is 29.8. The van der Waals surface area contributed by atoms with E-state index in [1.165, 1.54) is 16.4 Å². The van der Waals surface area contributed by atoms with Gasteiger partial charge in [0.2, 0.25) is 10.0 Å². The molecule has 0 amide bonds. The van der Waals surface area contributed by atoms with Crippen molar-refractivity contribution in [3.8, 4) is 0 Å². The van der Waals surface area contributed by atoms with Gasteiger partial charge in [-0.05, 0) is 31.4 Å². The lowest BCUT2D eigenvalue weighted by Crippen LogP contribution is -2.37. The van der Waals surface area contributed by atoms with Crippen molar-refractivity contribution in [2.24, 2.45) is 5.92 Å². The van der Waals surface area contributed by atoms with E-state index in [2.05, 4.69) is 0 Å². The van der Waals surface area contributed by atoms with Crippen LogP contribution < -0.4 is 0 Å². The Hall–Kier alpha value is -1.11. The van der Waals surface area contributed by atoms with Crippen LogP contribution in [0.5, 0.6) is 0 Å². The summed E-state index contributed by atoms with van der Waals surface area (Å²) in [6, 6.07) is 5.61. The summed E-state index contributed by atoms with van der Waals surface area (Å²) in [7, 11) is -3.73. The molecule has 2 saturated heterocycles. The first-order chi connectivity index (χ1) is 9.43. The zero-order valence-corrected chi connectivity index (χ0v) is 12.1. The van der Waals surface area contributed by atoms with E-state index in [0.29, 0.717) is 12.8 Å². The molecule has 3 unspecified atom stereocenters. The monoisotopic (exact) mass is 315 g/mol. The molecular formula is C13H14ClNO4S. The fraction of sp³-hybridized carbons (Fsp3) is 0.462. The van der Waals surface area contributed by atoms with Gasteiger partial charge in [0.25, 0.3) is 0 Å². The molecule has 1 aromatic carbocycles. The van der Waals surface area contributed by atoms with E-state index in [-0.39, 0.29) is 16.0 Å². The third-order valence-electron chi connectivity index (χ3n) is 4.18. The zero-order chi connectivity index (χ0) is 14.5. The molecule has 3 atom stereocenters. The molecule has 0 spiro atoms. The molecule has 0 saturated carbocycles. The number of hydrogen-bond acceptors (Lipinski definition) is 3. The highest BCUT2D eigenvalue weighted by molar-refractivity contribution is 7.89. The Balaban J connectivity index is 2.02. The van der Waals surface area contributed by atoms with E-state index in [1.807, 2.05) is 0 Å². The average Bonchev–Trinajstić information content (AvgIpc) is 2.97. The van der Waals surface area contributed by atoms with E-state index >= 15 is 0 Å². The predicted octanol–water partition coefficient (Wildman–Crippen LogP) is 1.97. The Morgan fingerprint density at radius 3 is 2.60 bits per heavy atom. The molecule has 2 aliphatic heterocycles. The summed E-state index contributed by atoms with van der Waals surface area (Å²) in [5.74, 6) is -1.53. The number of hydrogen-bond donors (Lipinski definition) is 1. The van der Waals surface area contributed by atoms with Crippen LogP contribution in [0.25, 0.3) is 0 Å². The molecule has 20 heavy (non-hydrogen) atoms. The summed E-state index contributed by atoms with van der Waals surface area (Å²) in [6.07, 6.45) is 1.72. The van der Waals surface area contributed by atoms with Gasteiger partial charge < -0.3 is 5.11 Å². The molecule has 0 radical (unpaired) electrons. The quantitative estimate of drug-likeness (QED) is 0.925. The molecule has 5 nitrogen and oxygen atoms in total. The summed E-state index contributed by atoms with van der Waals surface area (Å²) in [5, 5.41) is 9.37. The first kappa shape index (κ1) is 13.9. The van der Waals surface area contributed by atoms with Crippen LogP contribution in [0.2, 0.25) is 5.02 Å². The zero-order valence-electron chi connectivity index (χ0n) is 10.6. The molecular weight excluding hydrogens is 302 g/mol. The van der Waals surface area contributed by atoms with Crippen molar-refractivity contribution < 1.29 is 18.3 Å². The predicted molar refractivity (Wildman–Crippen MR) is 73.0 cm³/mol. The number of carboxylic acid groups (broad SMARTS) is 1. The highest BCUT2D eigenvalue weighted by Crippen LogP contribution is 2.45. The second kappa shape index (κ2) is 4.72. The van der Waals surface area contributed by atoms with Crippen LogP contribution >= 0.6 is 11.6 Å². The molecule has 7 heteroatoms. The molecule has 2 heterocycles. The van der Waals surface area contributed by atoms with Crippen molar-refractivity contribution in [2.45, 2.75) is 36.2 Å². The Bertz CT molecular complexity index is 660. The standard InChI is InChI=1S/C13H14ClNO4S/c14-10-3-1-2-4-12(10)20(18,19)15-8-5-6-11(15)9(7-8)13(16)17/h1-4,8-9,11H,5-7H2,(H,16,17). The number of halogens is 1. The summed E-state index contributed by atoms with van der Waals surface area (Å²) >= 11 is 5.98. The lowest BCUT2D eigenvalue weighted by molar-refractivity contribution is -0.142. The van der Waals surface area contributed by atoms with Crippen molar-refractivity contribution in [3.63, 3.8) is 0 Å². The fourth-order valence-corrected chi connectivity index (χ4v) is 5.76. The van der Waals surface area contributed by atoms with E-state index in [4.69, 9.17) is 11.6 Å². The van der Waals surface area contributed by atoms with Gasteiger partial charge in [0.15, 0.2) is 0 Å². The van der Waals surface area contributed by atoms with Gasteiger partial charge >= 0.3 is 5.97 Å². The molecule has 108 valence electrons. The number of sulfonamides is 1. The number of carboxylic acids is 1. The Labute approximate surface area is 122 Å². The minimum absolute atomic E-state index is 0.0598. The average molecular weight is 316 g/mol. The lowest BCUT2D eigenvalue weighted by Gasteiger charge is -2.23. The number of aliphatic carboxylic acids is 1. The molecule has 1 aromatic rings. The number of rotatable bonds is 3. The van der Waals surface area contributed by atoms with Crippen LogP contribution in [0.4, 0.5) is 0 Å². The molecule has 2 fully saturated rings. The van der Waals surface area contributed by atoms with Gasteiger partial charge in [-0.25, -0.2) is 8.42 Å². The van der Waals surface area contributed by atoms with Crippen LogP contribution in [0.1, 0.15) is 19.3 Å². The van der Waals surface area contributed by atoms with Crippen LogP contribution in [0.15, 0.2) is 29.2 Å². The second-order valence-electron chi connectivity index (χ2n) is 5.24. The molecule has 0 aliphatic carbocycles. The first-order valence-corrected chi connectivity index (χ1v) is 8.25. The Morgan fingerprint density at radius 2 is 2.00 bits per heavy atom. The molecule has 3 rings (SSSR count). The summed E-state index contributed by atoms with van der Waals surface area (Å²) in [6.45, 7) is 0. The van der Waals surface area contributed by atoms with Gasteiger partial charge in [-0.15, -0.1) is 0 Å². The Kier molecular flexibility index (Phi) is 3.27. The van der Waals surface area contributed by atoms with Crippen LogP contribution in [-0.2, 0) is 14.8 Å². The van der Waals surface area contributed by atoms with Crippen molar-refractivity contribution in [1.29, 1.82) is 0 Å². The van der Waals surface area contributed by atoms with Gasteiger partial charge in [-0.2, -0.15) is 4.31 Å². The van der Waals surface area contributed by atoms with Gasteiger partial charge in [-0.3, -0.25) is 4.79 Å². The highest BCUT2D eigenvalue weighted by Gasteiger charge is 2.54. The largest absolute Gasteiger partial charge is 0.481 e. The maximum Gasteiger partial charge on any atom is 0.308 e. The number of nitrogens with zero attached hydrogens (tertiary/aromatic N) is 1. The number of carbonyl (C=O) groups is 1. The van der Waals surface area contributed by atoms with Crippen molar-refractivity contribution in [3.05, 3.63) is 29.3 Å². The minimum Gasteiger partial charge on any atom is -0.481 e. The lowest BCUT2D eigenvalue weighted by atomic mass is 9.89. The van der Waals surface area contributed by atoms with Crippen LogP contribution in [0, 0.1) is 5.92 Å². The first-order valence-electron chi connectivity index (χ1n) is 6.44. The van der Waals surface area contributed by atoms with Crippen molar-refractivity contribution in [2.75, 3.05) is 0 Å². The molecule has 2 bridgehead atoms. The van der Waals surface area contributed by atoms with Gasteiger partial charge in [-0.1, -0.05) is 23.7 Å². The van der Waals surface area contributed by atoms with Crippen molar-refractivity contribution in [1.82, 2.24) is 4.31 Å². The maximum atomic E-state index is 12.7. The number of benzene rings is 1. The second-order valence-corrected chi connectivity index (χ2v) is 7.46. The van der Waals surface area contributed by atoms with Crippen molar-refractivity contribution >= 4 is 27.6 Å². The van der Waals surface area contributed by atoms with Gasteiger partial charge in [0, 0.05) is 12.1 Å². The maximum absolute atomic E-state index is 12.7. The summed E-state index contributed by atoms with van der Waals surface area (Å²) in [5.41, 5.74) is 0. The van der Waals surface area contributed by atoms with E-state index in [1.54, 1.807) is 12.1 Å². The third kappa shape index (κ3) is 1.94. The topological polar surface area (TPSA) is 74.7 Å². The van der Waals surface area contributed by atoms with Gasteiger partial charge in [0.1, 0.15) is 4.90 Å². The van der Waals surface area contributed by atoms with E-state index in [9.17, 15) is 18.3 Å². The summed E-state index contributed by atoms with van der Waals surface area (Å²) in [4.78, 5) is 11.3. The van der Waals surface area contributed by atoms with Gasteiger partial charge in [0.05, 0.1) is 10.9 Å². The molecule has 0 aromatic heterocycles. The SMILES string of the molecule is O=C(O)C1CC2CCC1N2S(=O)(=O)c1ccccc1Cl. The highest BCUT2D eigenvalue weighted by atomic mass is 35.5.